The van der Waals surface area contributed by atoms with E-state index < -0.39 is 12.4 Å². The molecule has 0 spiro atoms. The Morgan fingerprint density at radius 2 is 2.55 bits per heavy atom. The molecule has 0 bridgehead atoms. The van der Waals surface area contributed by atoms with E-state index in [2.05, 4.69) is 6.58 Å². The van der Waals surface area contributed by atoms with Crippen LogP contribution in [-0.4, -0.2) is 30.7 Å². The standard InChI is InChI=1S/C8H14O3/c1-2-5-10-8-7(9)4-3-6-11-8/h2,7-9H,1,3-6H2/t7-,8-/m1/s1. The number of aliphatic hydroxyl groups excluding tert-OH is 1. The topological polar surface area (TPSA) is 38.7 Å². The first kappa shape index (κ1) is 8.71. The summed E-state index contributed by atoms with van der Waals surface area (Å²) in [6, 6.07) is 0. The third-order valence-electron chi connectivity index (χ3n) is 1.62. The molecule has 0 aromatic carbocycles. The lowest BCUT2D eigenvalue weighted by Gasteiger charge is -2.27. The Morgan fingerprint density at radius 1 is 1.73 bits per heavy atom. The molecule has 0 radical (unpaired) electrons. The van der Waals surface area contributed by atoms with Crippen LogP contribution in [0.4, 0.5) is 0 Å². The molecule has 1 aliphatic heterocycles. The smallest absolute Gasteiger partial charge is 0.183 e. The summed E-state index contributed by atoms with van der Waals surface area (Å²) >= 11 is 0. The minimum atomic E-state index is -0.469. The third-order valence-corrected chi connectivity index (χ3v) is 1.62. The van der Waals surface area contributed by atoms with Crippen LogP contribution >= 0.6 is 0 Å². The molecule has 0 unspecified atom stereocenters. The lowest BCUT2D eigenvalue weighted by Crippen LogP contribution is -2.36. The van der Waals surface area contributed by atoms with Gasteiger partial charge in [-0.1, -0.05) is 6.08 Å². The van der Waals surface area contributed by atoms with Gasteiger partial charge in [0, 0.05) is 6.61 Å². The molecule has 0 saturated carbocycles. The van der Waals surface area contributed by atoms with Gasteiger partial charge in [0.05, 0.1) is 6.61 Å². The first-order chi connectivity index (χ1) is 5.34. The largest absolute Gasteiger partial charge is 0.388 e. The fourth-order valence-electron chi connectivity index (χ4n) is 1.06. The van der Waals surface area contributed by atoms with Crippen LogP contribution in [0.15, 0.2) is 12.7 Å². The summed E-state index contributed by atoms with van der Waals surface area (Å²) in [5, 5.41) is 9.31. The third kappa shape index (κ3) is 2.61. The van der Waals surface area contributed by atoms with E-state index in [1.165, 1.54) is 0 Å². The van der Waals surface area contributed by atoms with Gasteiger partial charge in [0.25, 0.3) is 0 Å². The predicted molar refractivity (Wildman–Crippen MR) is 41.1 cm³/mol. The second kappa shape index (κ2) is 4.49. The Morgan fingerprint density at radius 3 is 3.18 bits per heavy atom. The van der Waals surface area contributed by atoms with Gasteiger partial charge in [0.15, 0.2) is 6.29 Å². The zero-order valence-electron chi connectivity index (χ0n) is 6.53. The number of hydrogen-bond acceptors (Lipinski definition) is 3. The second-order valence-electron chi connectivity index (χ2n) is 2.57. The summed E-state index contributed by atoms with van der Waals surface area (Å²) in [6.07, 6.45) is 2.41. The molecule has 0 amide bonds. The van der Waals surface area contributed by atoms with Gasteiger partial charge in [0.2, 0.25) is 0 Å². The number of hydrogen-bond donors (Lipinski definition) is 1. The van der Waals surface area contributed by atoms with Gasteiger partial charge in [-0.3, -0.25) is 0 Å². The van der Waals surface area contributed by atoms with E-state index in [4.69, 9.17) is 9.47 Å². The molecule has 3 nitrogen and oxygen atoms in total. The quantitative estimate of drug-likeness (QED) is 0.614. The normalized spacial score (nSPS) is 31.7. The zero-order chi connectivity index (χ0) is 8.10. The summed E-state index contributed by atoms with van der Waals surface area (Å²) < 4.78 is 10.3. The van der Waals surface area contributed by atoms with Crippen molar-refractivity contribution >= 4 is 0 Å². The van der Waals surface area contributed by atoms with Crippen molar-refractivity contribution in [2.45, 2.75) is 25.2 Å². The minimum Gasteiger partial charge on any atom is -0.388 e. The van der Waals surface area contributed by atoms with Gasteiger partial charge >= 0.3 is 0 Å². The molecule has 1 aliphatic rings. The summed E-state index contributed by atoms with van der Waals surface area (Å²) in [5.41, 5.74) is 0. The first-order valence-electron chi connectivity index (χ1n) is 3.87. The van der Waals surface area contributed by atoms with Gasteiger partial charge in [0.1, 0.15) is 6.10 Å². The molecular formula is C8H14O3. The molecule has 1 N–H and O–H groups in total. The van der Waals surface area contributed by atoms with Crippen LogP contribution in [0.3, 0.4) is 0 Å². The van der Waals surface area contributed by atoms with Gasteiger partial charge in [-0.05, 0) is 12.8 Å². The summed E-state index contributed by atoms with van der Waals surface area (Å²) in [4.78, 5) is 0. The molecule has 1 fully saturated rings. The van der Waals surface area contributed by atoms with Crippen molar-refractivity contribution in [3.05, 3.63) is 12.7 Å². The Balaban J connectivity index is 2.23. The Bertz CT molecular complexity index is 125. The van der Waals surface area contributed by atoms with Gasteiger partial charge in [-0.15, -0.1) is 6.58 Å². The maximum absolute atomic E-state index is 9.31. The van der Waals surface area contributed by atoms with Crippen molar-refractivity contribution < 1.29 is 14.6 Å². The molecule has 0 aromatic heterocycles. The highest BCUT2D eigenvalue weighted by Gasteiger charge is 2.23. The molecule has 3 heteroatoms. The van der Waals surface area contributed by atoms with Crippen LogP contribution in [-0.2, 0) is 9.47 Å². The maximum Gasteiger partial charge on any atom is 0.183 e. The van der Waals surface area contributed by atoms with Crippen molar-refractivity contribution in [2.24, 2.45) is 0 Å². The molecule has 0 aliphatic carbocycles. The van der Waals surface area contributed by atoms with Gasteiger partial charge < -0.3 is 14.6 Å². The predicted octanol–water partition coefficient (Wildman–Crippen LogP) is 0.686. The minimum absolute atomic E-state index is 0.432. The molecule has 11 heavy (non-hydrogen) atoms. The van der Waals surface area contributed by atoms with Crippen molar-refractivity contribution in [2.75, 3.05) is 13.2 Å². The fourth-order valence-corrected chi connectivity index (χ4v) is 1.06. The van der Waals surface area contributed by atoms with Crippen LogP contribution < -0.4 is 0 Å². The Hall–Kier alpha value is -0.380. The van der Waals surface area contributed by atoms with E-state index in [1.54, 1.807) is 6.08 Å². The van der Waals surface area contributed by atoms with Crippen LogP contribution in [0, 0.1) is 0 Å². The molecule has 1 rings (SSSR count). The van der Waals surface area contributed by atoms with Crippen molar-refractivity contribution in [1.29, 1.82) is 0 Å². The number of aliphatic hydroxyl groups is 1. The Labute approximate surface area is 66.6 Å². The molecule has 2 atom stereocenters. The van der Waals surface area contributed by atoms with Crippen molar-refractivity contribution in [3.8, 4) is 0 Å². The first-order valence-corrected chi connectivity index (χ1v) is 3.87. The van der Waals surface area contributed by atoms with Crippen molar-refractivity contribution in [3.63, 3.8) is 0 Å². The van der Waals surface area contributed by atoms with Crippen LogP contribution in [0.25, 0.3) is 0 Å². The molecule has 0 aromatic rings. The molecule has 64 valence electrons. The highest BCUT2D eigenvalue weighted by Crippen LogP contribution is 2.14. The van der Waals surface area contributed by atoms with Gasteiger partial charge in [-0.2, -0.15) is 0 Å². The van der Waals surface area contributed by atoms with E-state index in [-0.39, 0.29) is 0 Å². The highest BCUT2D eigenvalue weighted by atomic mass is 16.7. The molecule has 1 heterocycles. The van der Waals surface area contributed by atoms with E-state index in [0.717, 1.165) is 12.8 Å². The average molecular weight is 158 g/mol. The SMILES string of the molecule is C=CCO[C@@H]1OCCC[C@H]1O. The van der Waals surface area contributed by atoms with E-state index in [1.807, 2.05) is 0 Å². The van der Waals surface area contributed by atoms with E-state index in [0.29, 0.717) is 13.2 Å². The summed E-state index contributed by atoms with van der Waals surface area (Å²) in [5.74, 6) is 0. The van der Waals surface area contributed by atoms with Crippen LogP contribution in [0.2, 0.25) is 0 Å². The zero-order valence-corrected chi connectivity index (χ0v) is 6.53. The monoisotopic (exact) mass is 158 g/mol. The number of rotatable bonds is 3. The van der Waals surface area contributed by atoms with E-state index >= 15 is 0 Å². The summed E-state index contributed by atoms with van der Waals surface area (Å²) in [6.45, 7) is 4.62. The van der Waals surface area contributed by atoms with Crippen molar-refractivity contribution in [1.82, 2.24) is 0 Å². The van der Waals surface area contributed by atoms with Crippen LogP contribution in [0.5, 0.6) is 0 Å². The maximum atomic E-state index is 9.31. The Kier molecular flexibility index (Phi) is 3.56. The molecular weight excluding hydrogens is 144 g/mol. The summed E-state index contributed by atoms with van der Waals surface area (Å²) in [7, 11) is 0. The fraction of sp³-hybridized carbons (Fsp3) is 0.750. The van der Waals surface area contributed by atoms with Crippen LogP contribution in [0.1, 0.15) is 12.8 Å². The highest BCUT2D eigenvalue weighted by molar-refractivity contribution is 4.69. The number of ether oxygens (including phenoxy) is 2. The van der Waals surface area contributed by atoms with Gasteiger partial charge in [-0.25, -0.2) is 0 Å². The lowest BCUT2D eigenvalue weighted by molar-refractivity contribution is -0.209. The molecule has 1 saturated heterocycles. The lowest BCUT2D eigenvalue weighted by atomic mass is 10.1. The van der Waals surface area contributed by atoms with E-state index in [9.17, 15) is 5.11 Å². The average Bonchev–Trinajstić information content (AvgIpc) is 2.03. The second-order valence-corrected chi connectivity index (χ2v) is 2.57.